The molecule has 0 spiro atoms. The fourth-order valence-corrected chi connectivity index (χ4v) is 2.94. The highest BCUT2D eigenvalue weighted by Gasteiger charge is 2.07. The van der Waals surface area contributed by atoms with Crippen LogP contribution in [0.5, 0.6) is 0 Å². The molecule has 2 N–H and O–H groups in total. The smallest absolute Gasteiger partial charge is 0.234 e. The van der Waals surface area contributed by atoms with Gasteiger partial charge in [-0.2, -0.15) is 0 Å². The van der Waals surface area contributed by atoms with E-state index in [-0.39, 0.29) is 11.7 Å². The second-order valence-electron chi connectivity index (χ2n) is 5.64. The summed E-state index contributed by atoms with van der Waals surface area (Å²) >= 11 is 1.30. The number of aromatic amines is 1. The van der Waals surface area contributed by atoms with Gasteiger partial charge in [-0.05, 0) is 35.8 Å². The van der Waals surface area contributed by atoms with Gasteiger partial charge in [0.15, 0.2) is 0 Å². The average Bonchev–Trinajstić information content (AvgIpc) is 3.14. The first-order valence-corrected chi connectivity index (χ1v) is 9.38. The molecule has 0 radical (unpaired) electrons. The molecule has 1 aromatic heterocycles. The molecule has 1 amide bonds. The number of hydrogen-bond donors (Lipinski definition) is 2. The van der Waals surface area contributed by atoms with E-state index >= 15 is 0 Å². The number of carbonyl (C=O) groups excluding carboxylic acids is 1. The third kappa shape index (κ3) is 5.32. The van der Waals surface area contributed by atoms with Crippen molar-refractivity contribution in [2.45, 2.75) is 18.5 Å². The van der Waals surface area contributed by atoms with Crippen LogP contribution >= 0.6 is 11.8 Å². The van der Waals surface area contributed by atoms with E-state index in [1.165, 1.54) is 17.3 Å². The summed E-state index contributed by atoms with van der Waals surface area (Å²) in [5.41, 5.74) is 3.10. The van der Waals surface area contributed by atoms with Crippen molar-refractivity contribution in [3.8, 4) is 0 Å². The number of H-pyrrole nitrogens is 1. The largest absolute Gasteiger partial charge is 0.325 e. The number of nitrogens with zero attached hydrogens (tertiary/aromatic N) is 2. The number of amides is 1. The Labute approximate surface area is 156 Å². The highest BCUT2D eigenvalue weighted by atomic mass is 32.2. The van der Waals surface area contributed by atoms with Crippen LogP contribution in [0.2, 0.25) is 0 Å². The maximum absolute atomic E-state index is 12.1. The predicted molar refractivity (Wildman–Crippen MR) is 107 cm³/mol. The first-order chi connectivity index (χ1) is 12.7. The summed E-state index contributed by atoms with van der Waals surface area (Å²) in [7, 11) is 0. The number of aryl methyl sites for hydroxylation is 1. The minimum Gasteiger partial charge on any atom is -0.325 e. The van der Waals surface area contributed by atoms with Gasteiger partial charge in [0.1, 0.15) is 5.82 Å². The molecule has 5 nitrogen and oxygen atoms in total. The summed E-state index contributed by atoms with van der Waals surface area (Å²) in [5, 5.41) is 10.4. The van der Waals surface area contributed by atoms with Crippen LogP contribution in [0, 0.1) is 0 Å². The summed E-state index contributed by atoms with van der Waals surface area (Å²) in [6.45, 7) is 2.09. The second-order valence-corrected chi connectivity index (χ2v) is 6.58. The number of carbonyl (C=O) groups is 1. The third-order valence-corrected chi connectivity index (χ3v) is 4.51. The van der Waals surface area contributed by atoms with Crippen LogP contribution in [0.15, 0.2) is 59.8 Å². The molecule has 0 aliphatic carbocycles. The molecule has 0 aliphatic rings. The zero-order valence-corrected chi connectivity index (χ0v) is 15.3. The van der Waals surface area contributed by atoms with E-state index < -0.39 is 0 Å². The van der Waals surface area contributed by atoms with Crippen LogP contribution in [0.1, 0.15) is 23.9 Å². The topological polar surface area (TPSA) is 70.7 Å². The zero-order valence-electron chi connectivity index (χ0n) is 14.5. The van der Waals surface area contributed by atoms with Gasteiger partial charge < -0.3 is 5.32 Å². The SMILES string of the molecule is CCc1cccc(NC(=O)CSc2n[nH]c(/C=C/c3ccccc3)n2)c1. The standard InChI is InChI=1S/C20H20N4OS/c1-2-15-9-6-10-17(13-15)21-19(25)14-26-20-22-18(23-24-20)12-11-16-7-4-3-5-8-16/h3-13H,2,14H2,1H3,(H,21,25)(H,22,23,24)/b12-11+. The summed E-state index contributed by atoms with van der Waals surface area (Å²) < 4.78 is 0. The third-order valence-electron chi connectivity index (χ3n) is 3.67. The molecule has 2 aromatic carbocycles. The molecule has 0 bridgehead atoms. The van der Waals surface area contributed by atoms with Crippen molar-refractivity contribution < 1.29 is 4.79 Å². The average molecular weight is 364 g/mol. The molecule has 26 heavy (non-hydrogen) atoms. The number of benzene rings is 2. The first kappa shape index (κ1) is 17.9. The van der Waals surface area contributed by atoms with E-state index in [1.807, 2.05) is 66.7 Å². The Morgan fingerprint density at radius 1 is 1.15 bits per heavy atom. The van der Waals surface area contributed by atoms with Crippen molar-refractivity contribution in [1.82, 2.24) is 15.2 Å². The molecule has 0 aliphatic heterocycles. The Kier molecular flexibility index (Phi) is 6.22. The minimum atomic E-state index is -0.0746. The lowest BCUT2D eigenvalue weighted by atomic mass is 10.1. The number of aromatic nitrogens is 3. The van der Waals surface area contributed by atoms with Gasteiger partial charge in [0.25, 0.3) is 0 Å². The molecule has 0 atom stereocenters. The number of nitrogens with one attached hydrogen (secondary N) is 2. The number of hydrogen-bond acceptors (Lipinski definition) is 4. The van der Waals surface area contributed by atoms with Crippen molar-refractivity contribution in [1.29, 1.82) is 0 Å². The van der Waals surface area contributed by atoms with Crippen molar-refractivity contribution >= 4 is 35.5 Å². The van der Waals surface area contributed by atoms with Gasteiger partial charge in [0, 0.05) is 5.69 Å². The van der Waals surface area contributed by atoms with Crippen molar-refractivity contribution in [2.75, 3.05) is 11.1 Å². The van der Waals surface area contributed by atoms with E-state index in [2.05, 4.69) is 27.4 Å². The molecule has 6 heteroatoms. The van der Waals surface area contributed by atoms with E-state index in [9.17, 15) is 4.79 Å². The maximum Gasteiger partial charge on any atom is 0.234 e. The van der Waals surface area contributed by atoms with Crippen LogP contribution in [0.4, 0.5) is 5.69 Å². The van der Waals surface area contributed by atoms with Gasteiger partial charge in [0.2, 0.25) is 11.1 Å². The molecule has 0 fully saturated rings. The fraction of sp³-hybridized carbons (Fsp3) is 0.150. The molecule has 0 saturated carbocycles. The number of thioether (sulfide) groups is 1. The fourth-order valence-electron chi connectivity index (χ4n) is 2.33. The van der Waals surface area contributed by atoms with Crippen molar-refractivity contribution in [3.05, 3.63) is 71.5 Å². The second kappa shape index (κ2) is 9.01. The van der Waals surface area contributed by atoms with E-state index in [4.69, 9.17) is 0 Å². The molecular formula is C20H20N4OS. The summed E-state index contributed by atoms with van der Waals surface area (Å²) in [6.07, 6.45) is 4.76. The van der Waals surface area contributed by atoms with Crippen molar-refractivity contribution in [3.63, 3.8) is 0 Å². The van der Waals surface area contributed by atoms with Gasteiger partial charge in [-0.3, -0.25) is 9.89 Å². The highest BCUT2D eigenvalue weighted by Crippen LogP contribution is 2.15. The molecule has 1 heterocycles. The normalized spacial score (nSPS) is 11.0. The Hall–Kier alpha value is -2.86. The summed E-state index contributed by atoms with van der Waals surface area (Å²) in [4.78, 5) is 16.5. The lowest BCUT2D eigenvalue weighted by Crippen LogP contribution is -2.14. The molecular weight excluding hydrogens is 344 g/mol. The molecule has 0 saturated heterocycles. The van der Waals surface area contributed by atoms with Crippen LogP contribution in [0.3, 0.4) is 0 Å². The van der Waals surface area contributed by atoms with E-state index in [0.29, 0.717) is 11.0 Å². The number of anilines is 1. The van der Waals surface area contributed by atoms with Crippen LogP contribution < -0.4 is 5.32 Å². The maximum atomic E-state index is 12.1. The van der Waals surface area contributed by atoms with Crippen LogP contribution in [0.25, 0.3) is 12.2 Å². The monoisotopic (exact) mass is 364 g/mol. The van der Waals surface area contributed by atoms with E-state index in [1.54, 1.807) is 0 Å². The van der Waals surface area contributed by atoms with Gasteiger partial charge in [-0.25, -0.2) is 4.98 Å². The number of rotatable bonds is 7. The Balaban J connectivity index is 1.51. The van der Waals surface area contributed by atoms with Crippen LogP contribution in [-0.2, 0) is 11.2 Å². The zero-order chi connectivity index (χ0) is 18.2. The van der Waals surface area contributed by atoms with Gasteiger partial charge in [0.05, 0.1) is 5.75 Å². The minimum absolute atomic E-state index is 0.0746. The van der Waals surface area contributed by atoms with Gasteiger partial charge in [-0.1, -0.05) is 67.2 Å². The Morgan fingerprint density at radius 3 is 2.81 bits per heavy atom. The summed E-state index contributed by atoms with van der Waals surface area (Å²) in [6, 6.07) is 17.8. The summed E-state index contributed by atoms with van der Waals surface area (Å²) in [5.74, 6) is 0.845. The molecule has 0 unspecified atom stereocenters. The highest BCUT2D eigenvalue weighted by molar-refractivity contribution is 7.99. The molecule has 3 aromatic rings. The Bertz CT molecular complexity index is 890. The van der Waals surface area contributed by atoms with Crippen molar-refractivity contribution in [2.24, 2.45) is 0 Å². The first-order valence-electron chi connectivity index (χ1n) is 8.40. The molecule has 3 rings (SSSR count). The van der Waals surface area contributed by atoms with Gasteiger partial charge in [-0.15, -0.1) is 5.10 Å². The lowest BCUT2D eigenvalue weighted by Gasteiger charge is -2.05. The van der Waals surface area contributed by atoms with Crippen LogP contribution in [-0.4, -0.2) is 26.8 Å². The predicted octanol–water partition coefficient (Wildman–Crippen LogP) is 4.27. The van der Waals surface area contributed by atoms with E-state index in [0.717, 1.165) is 17.7 Å². The lowest BCUT2D eigenvalue weighted by molar-refractivity contribution is -0.113. The quantitative estimate of drug-likeness (QED) is 0.614. The van der Waals surface area contributed by atoms with Gasteiger partial charge >= 0.3 is 0 Å². The Morgan fingerprint density at radius 2 is 2.00 bits per heavy atom. The molecule has 132 valence electrons.